The number of ether oxygens (including phenoxy) is 5. The predicted molar refractivity (Wildman–Crippen MR) is 157 cm³/mol. The van der Waals surface area contributed by atoms with Crippen molar-refractivity contribution in [2.24, 2.45) is 5.16 Å². The molecule has 0 unspecified atom stereocenters. The van der Waals surface area contributed by atoms with Gasteiger partial charge >= 0.3 is 17.9 Å². The molecule has 2 amide bonds. The van der Waals surface area contributed by atoms with E-state index < -0.39 is 67.0 Å². The number of hydrogen-bond acceptors (Lipinski definition) is 12. The van der Waals surface area contributed by atoms with E-state index in [4.69, 9.17) is 28.5 Å². The van der Waals surface area contributed by atoms with E-state index in [2.05, 4.69) is 10.5 Å². The monoisotopic (exact) mass is 625 g/mol. The molecule has 1 N–H and O–H groups in total. The van der Waals surface area contributed by atoms with Crippen LogP contribution in [0.4, 0.5) is 5.69 Å². The molecule has 1 saturated heterocycles. The Kier molecular flexibility index (Phi) is 10.7. The maximum Gasteiger partial charge on any atom is 0.303 e. The first-order chi connectivity index (χ1) is 21.4. The fourth-order valence-electron chi connectivity index (χ4n) is 4.95. The first kappa shape index (κ1) is 32.9. The van der Waals surface area contributed by atoms with Crippen molar-refractivity contribution in [1.29, 1.82) is 0 Å². The number of oxime groups is 1. The van der Waals surface area contributed by atoms with Crippen molar-refractivity contribution in [1.82, 2.24) is 5.32 Å². The summed E-state index contributed by atoms with van der Waals surface area (Å²) in [5.41, 5.74) is 2.11. The van der Waals surface area contributed by atoms with Gasteiger partial charge in [-0.2, -0.15) is 0 Å². The Balaban J connectivity index is 1.61. The van der Waals surface area contributed by atoms with Crippen molar-refractivity contribution in [2.45, 2.75) is 65.3 Å². The van der Waals surface area contributed by atoms with Crippen LogP contribution in [0.25, 0.3) is 0 Å². The third-order valence-electron chi connectivity index (χ3n) is 6.82. The van der Waals surface area contributed by atoms with Gasteiger partial charge in [0.1, 0.15) is 31.1 Å². The highest BCUT2D eigenvalue weighted by atomic mass is 16.8. The molecule has 0 saturated carbocycles. The van der Waals surface area contributed by atoms with Gasteiger partial charge in [-0.1, -0.05) is 41.1 Å². The van der Waals surface area contributed by atoms with Crippen LogP contribution in [0.1, 0.15) is 38.8 Å². The van der Waals surface area contributed by atoms with Crippen LogP contribution < -0.4 is 15.0 Å². The van der Waals surface area contributed by atoms with Gasteiger partial charge in [0.05, 0.1) is 12.2 Å². The fraction of sp³-hybridized carbons (Fsp3) is 0.419. The minimum Gasteiger partial charge on any atom is -0.492 e. The zero-order valence-corrected chi connectivity index (χ0v) is 25.5. The summed E-state index contributed by atoms with van der Waals surface area (Å²) in [4.78, 5) is 68.7. The summed E-state index contributed by atoms with van der Waals surface area (Å²) in [5, 5.41) is 6.73. The quantitative estimate of drug-likeness (QED) is 0.220. The number of benzene rings is 2. The molecule has 2 aliphatic rings. The number of rotatable bonds is 11. The third kappa shape index (κ3) is 8.35. The van der Waals surface area contributed by atoms with E-state index in [0.29, 0.717) is 17.0 Å². The summed E-state index contributed by atoms with van der Waals surface area (Å²) in [6.07, 6.45) is -5.30. The van der Waals surface area contributed by atoms with Gasteiger partial charge in [0.15, 0.2) is 17.9 Å². The number of amides is 2. The highest BCUT2D eigenvalue weighted by Crippen LogP contribution is 2.31. The van der Waals surface area contributed by atoms with Crippen molar-refractivity contribution in [2.75, 3.05) is 24.7 Å². The van der Waals surface area contributed by atoms with Crippen molar-refractivity contribution in [3.63, 3.8) is 0 Å². The topological polar surface area (TPSA) is 168 Å². The zero-order valence-electron chi connectivity index (χ0n) is 25.5. The average Bonchev–Trinajstić information content (AvgIpc) is 3.24. The molecular formula is C31H35N3O11. The number of aryl methyl sites for hydroxylation is 1. The second-order valence-electron chi connectivity index (χ2n) is 10.4. The second-order valence-corrected chi connectivity index (χ2v) is 10.4. The molecule has 4 rings (SSSR count). The minimum atomic E-state index is -1.48. The van der Waals surface area contributed by atoms with E-state index in [-0.39, 0.29) is 18.9 Å². The third-order valence-corrected chi connectivity index (χ3v) is 6.82. The van der Waals surface area contributed by atoms with Crippen LogP contribution in [-0.4, -0.2) is 85.8 Å². The number of nitrogens with one attached hydrogen (secondary N) is 1. The number of hydrogen-bond donors (Lipinski definition) is 1. The van der Waals surface area contributed by atoms with Gasteiger partial charge in [-0.05, 0) is 25.1 Å². The van der Waals surface area contributed by atoms with E-state index in [0.717, 1.165) is 19.4 Å². The molecule has 2 heterocycles. The van der Waals surface area contributed by atoms with Gasteiger partial charge in [-0.25, -0.2) is 0 Å². The van der Waals surface area contributed by atoms with Gasteiger partial charge in [0, 0.05) is 33.3 Å². The highest BCUT2D eigenvalue weighted by Gasteiger charge is 2.52. The number of esters is 3. The van der Waals surface area contributed by atoms with Crippen LogP contribution in [0.3, 0.4) is 0 Å². The maximum absolute atomic E-state index is 13.6. The molecule has 240 valence electrons. The van der Waals surface area contributed by atoms with E-state index in [9.17, 15) is 24.0 Å². The van der Waals surface area contributed by atoms with E-state index in [1.807, 2.05) is 31.2 Å². The summed E-state index contributed by atoms with van der Waals surface area (Å²) in [7, 11) is 0. The Bertz CT molecular complexity index is 1460. The molecule has 5 atom stereocenters. The van der Waals surface area contributed by atoms with E-state index in [1.54, 1.807) is 24.3 Å². The predicted octanol–water partition coefficient (Wildman–Crippen LogP) is 1.80. The fourth-order valence-corrected chi connectivity index (χ4v) is 4.95. The summed E-state index contributed by atoms with van der Waals surface area (Å²) in [6, 6.07) is 13.3. The molecule has 14 heteroatoms. The SMILES string of the molecule is CC(=O)N[C@H]1[C@@H](O/N=C2/C(=O)N(CCOc3ccc(C)cc3)c3ccccc32)O[C@@H](COC(C)=O)[C@@H](OC(C)=O)[C@H]1OC(C)=O. The Morgan fingerprint density at radius 3 is 2.22 bits per heavy atom. The first-order valence-corrected chi connectivity index (χ1v) is 14.2. The zero-order chi connectivity index (χ0) is 32.7. The largest absolute Gasteiger partial charge is 0.492 e. The summed E-state index contributed by atoms with van der Waals surface area (Å²) in [6.45, 7) is 6.63. The number of fused-ring (bicyclic) bond motifs is 1. The van der Waals surface area contributed by atoms with Gasteiger partial charge < -0.3 is 38.7 Å². The standard InChI is InChI=1S/C31H35N3O11/c1-17-10-12-22(13-11-17)40-15-14-34-24-9-7-6-8-23(24)26(30(34)39)33-45-31-27(32-18(2)35)29(43-21(5)38)28(42-20(4)37)25(44-31)16-41-19(3)36/h6-13,25,27-29,31H,14-16H2,1-5H3,(H,32,35)/b33-26+/t25-,27+,28+,29-,31+/m0/s1. The Labute approximate surface area is 259 Å². The van der Waals surface area contributed by atoms with Crippen LogP contribution in [0.2, 0.25) is 0 Å². The molecule has 0 spiro atoms. The number of carbonyl (C=O) groups is 5. The lowest BCUT2D eigenvalue weighted by atomic mass is 9.96. The van der Waals surface area contributed by atoms with Crippen molar-refractivity contribution in [3.8, 4) is 5.75 Å². The van der Waals surface area contributed by atoms with Gasteiger partial charge in [-0.15, -0.1) is 0 Å². The van der Waals surface area contributed by atoms with Crippen molar-refractivity contribution < 1.29 is 52.5 Å². The molecule has 2 aliphatic heterocycles. The highest BCUT2D eigenvalue weighted by molar-refractivity contribution is 6.54. The van der Waals surface area contributed by atoms with Gasteiger partial charge in [0.2, 0.25) is 5.91 Å². The average molecular weight is 626 g/mol. The van der Waals surface area contributed by atoms with Gasteiger partial charge in [-0.3, -0.25) is 24.0 Å². The maximum atomic E-state index is 13.6. The first-order valence-electron chi connectivity index (χ1n) is 14.2. The molecule has 14 nitrogen and oxygen atoms in total. The molecule has 0 radical (unpaired) electrons. The van der Waals surface area contributed by atoms with Crippen LogP contribution in [-0.2, 0) is 47.8 Å². The molecule has 45 heavy (non-hydrogen) atoms. The van der Waals surface area contributed by atoms with Gasteiger partial charge in [0.25, 0.3) is 12.2 Å². The van der Waals surface area contributed by atoms with Crippen LogP contribution in [0.5, 0.6) is 5.75 Å². The molecule has 2 aromatic rings. The Morgan fingerprint density at radius 2 is 1.58 bits per heavy atom. The second kappa shape index (κ2) is 14.7. The van der Waals surface area contributed by atoms with E-state index >= 15 is 0 Å². The number of carbonyl (C=O) groups excluding carboxylic acids is 5. The van der Waals surface area contributed by atoms with Crippen LogP contribution >= 0.6 is 0 Å². The summed E-state index contributed by atoms with van der Waals surface area (Å²) in [5.74, 6) is -2.51. The molecule has 0 aliphatic carbocycles. The van der Waals surface area contributed by atoms with Crippen LogP contribution in [0, 0.1) is 6.92 Å². The lowest BCUT2D eigenvalue weighted by Gasteiger charge is -2.43. The van der Waals surface area contributed by atoms with Crippen molar-refractivity contribution in [3.05, 3.63) is 59.7 Å². The summed E-state index contributed by atoms with van der Waals surface area (Å²) >= 11 is 0. The number of para-hydroxylation sites is 1. The molecular weight excluding hydrogens is 590 g/mol. The molecule has 0 aromatic heterocycles. The summed E-state index contributed by atoms with van der Waals surface area (Å²) < 4.78 is 27.8. The van der Waals surface area contributed by atoms with Crippen molar-refractivity contribution >= 4 is 41.1 Å². The van der Waals surface area contributed by atoms with E-state index in [1.165, 1.54) is 18.7 Å². The molecule has 1 fully saturated rings. The normalized spacial score (nSPS) is 23.1. The molecule has 0 bridgehead atoms. The Hall–Kier alpha value is -4.98. The number of nitrogens with zero attached hydrogens (tertiary/aromatic N) is 2. The smallest absolute Gasteiger partial charge is 0.303 e. The molecule has 2 aromatic carbocycles. The van der Waals surface area contributed by atoms with Crippen LogP contribution in [0.15, 0.2) is 53.7 Å². The minimum absolute atomic E-state index is 0.0474. The lowest BCUT2D eigenvalue weighted by Crippen LogP contribution is -2.66. The Morgan fingerprint density at radius 1 is 0.911 bits per heavy atom. The lowest BCUT2D eigenvalue weighted by molar-refractivity contribution is -0.278. The number of anilines is 1.